The smallest absolute Gasteiger partial charge is 0.337 e. The minimum absolute atomic E-state index is 0.0651. The van der Waals surface area contributed by atoms with Gasteiger partial charge in [-0.2, -0.15) is 0 Å². The van der Waals surface area contributed by atoms with Gasteiger partial charge in [-0.05, 0) is 30.5 Å². The van der Waals surface area contributed by atoms with Crippen LogP contribution in [0.5, 0.6) is 0 Å². The molecule has 3 aromatic rings. The van der Waals surface area contributed by atoms with Gasteiger partial charge in [-0.15, -0.1) is 0 Å². The molecular weight excluding hydrogens is 396 g/mol. The molecule has 164 valence electrons. The fourth-order valence-electron chi connectivity index (χ4n) is 3.82. The predicted octanol–water partition coefficient (Wildman–Crippen LogP) is 4.52. The highest BCUT2D eigenvalue weighted by atomic mass is 16.5. The van der Waals surface area contributed by atoms with Gasteiger partial charge in [0.15, 0.2) is 0 Å². The number of fused-ring (bicyclic) bond motifs is 2. The monoisotopic (exact) mass is 424 g/mol. The van der Waals surface area contributed by atoms with Gasteiger partial charge in [-0.25, -0.2) is 14.8 Å². The molecule has 1 unspecified atom stereocenters. The zero-order valence-electron chi connectivity index (χ0n) is 18.0. The Morgan fingerprint density at radius 2 is 1.68 bits per heavy atom. The van der Waals surface area contributed by atoms with Gasteiger partial charge in [0.05, 0.1) is 41.2 Å². The summed E-state index contributed by atoms with van der Waals surface area (Å²) < 4.78 is 4.96. The van der Waals surface area contributed by atoms with Crippen molar-refractivity contribution in [2.24, 2.45) is 11.8 Å². The van der Waals surface area contributed by atoms with Gasteiger partial charge in [0.1, 0.15) is 5.52 Å². The molecular formula is C24H28N2O5. The standard InChI is InChI=1S/C24H28N2O5/c1-4-14(2)8-5-11-17(24(30)31-3)22(27)15-9-6-12-18-20(15)25-19-13-7-10-16(23(28)29)21(19)26-18/h6-7,9-10,12-14,17,22,27H,4-5,8,11H2,1-3H3,(H,28,29)/t14?,17-,22+/m1/s1. The largest absolute Gasteiger partial charge is 0.478 e. The zero-order valence-corrected chi connectivity index (χ0v) is 18.0. The molecule has 0 aliphatic carbocycles. The van der Waals surface area contributed by atoms with Gasteiger partial charge < -0.3 is 14.9 Å². The van der Waals surface area contributed by atoms with E-state index in [0.29, 0.717) is 34.5 Å². The number of methoxy groups -OCH3 is 1. The number of para-hydroxylation sites is 2. The third kappa shape index (κ3) is 4.82. The van der Waals surface area contributed by atoms with E-state index in [2.05, 4.69) is 23.8 Å². The number of hydrogen-bond donors (Lipinski definition) is 2. The molecule has 0 aliphatic heterocycles. The number of carbonyl (C=O) groups is 2. The first-order chi connectivity index (χ1) is 14.9. The number of aromatic nitrogens is 2. The van der Waals surface area contributed by atoms with E-state index in [-0.39, 0.29) is 11.1 Å². The van der Waals surface area contributed by atoms with Crippen LogP contribution in [0.15, 0.2) is 36.4 Å². The molecule has 7 heteroatoms. The summed E-state index contributed by atoms with van der Waals surface area (Å²) in [5.41, 5.74) is 2.15. The Bertz CT molecular complexity index is 1100. The molecule has 2 N–H and O–H groups in total. The van der Waals surface area contributed by atoms with Crippen molar-refractivity contribution in [2.75, 3.05) is 7.11 Å². The summed E-state index contributed by atoms with van der Waals surface area (Å²) in [6.07, 6.45) is 2.22. The summed E-state index contributed by atoms with van der Waals surface area (Å²) in [5.74, 6) is -1.71. The molecule has 0 radical (unpaired) electrons. The van der Waals surface area contributed by atoms with Gasteiger partial charge >= 0.3 is 11.9 Å². The van der Waals surface area contributed by atoms with E-state index in [9.17, 15) is 19.8 Å². The minimum Gasteiger partial charge on any atom is -0.478 e. The third-order valence-electron chi connectivity index (χ3n) is 5.87. The Morgan fingerprint density at radius 3 is 2.32 bits per heavy atom. The number of aromatic carboxylic acids is 1. The number of benzene rings is 2. The third-order valence-corrected chi connectivity index (χ3v) is 5.87. The molecule has 3 rings (SSSR count). The molecule has 1 heterocycles. The summed E-state index contributed by atoms with van der Waals surface area (Å²) in [6, 6.07) is 9.93. The second kappa shape index (κ2) is 9.83. The normalized spacial score (nSPS) is 14.3. The highest BCUT2D eigenvalue weighted by Crippen LogP contribution is 2.33. The number of carboxylic acids is 1. The lowest BCUT2D eigenvalue weighted by Crippen LogP contribution is -2.24. The topological polar surface area (TPSA) is 110 Å². The molecule has 3 atom stereocenters. The van der Waals surface area contributed by atoms with Crippen LogP contribution in [0, 0.1) is 11.8 Å². The number of aliphatic hydroxyl groups is 1. The lowest BCUT2D eigenvalue weighted by molar-refractivity contribution is -0.150. The number of esters is 1. The van der Waals surface area contributed by atoms with E-state index in [4.69, 9.17) is 4.74 Å². The summed E-state index contributed by atoms with van der Waals surface area (Å²) in [6.45, 7) is 4.30. The Balaban J connectivity index is 2.02. The van der Waals surface area contributed by atoms with Crippen LogP contribution in [0.1, 0.15) is 61.6 Å². The number of aliphatic hydroxyl groups excluding tert-OH is 1. The second-order valence-corrected chi connectivity index (χ2v) is 7.94. The number of ether oxygens (including phenoxy) is 1. The molecule has 0 fully saturated rings. The Hall–Kier alpha value is -3.06. The van der Waals surface area contributed by atoms with Crippen LogP contribution in [-0.4, -0.2) is 39.2 Å². The maximum Gasteiger partial charge on any atom is 0.337 e. The van der Waals surface area contributed by atoms with Gasteiger partial charge in [0.25, 0.3) is 0 Å². The van der Waals surface area contributed by atoms with Crippen LogP contribution in [0.4, 0.5) is 0 Å². The lowest BCUT2D eigenvalue weighted by atomic mass is 9.88. The van der Waals surface area contributed by atoms with Crippen molar-refractivity contribution >= 4 is 34.0 Å². The van der Waals surface area contributed by atoms with Crippen molar-refractivity contribution in [3.8, 4) is 0 Å². The van der Waals surface area contributed by atoms with Crippen molar-refractivity contribution in [3.05, 3.63) is 47.5 Å². The number of rotatable bonds is 9. The first kappa shape index (κ1) is 22.6. The molecule has 1 aromatic heterocycles. The van der Waals surface area contributed by atoms with Crippen molar-refractivity contribution in [1.29, 1.82) is 0 Å². The Labute approximate surface area is 181 Å². The van der Waals surface area contributed by atoms with E-state index in [1.54, 1.807) is 30.3 Å². The summed E-state index contributed by atoms with van der Waals surface area (Å²) in [4.78, 5) is 33.1. The SMILES string of the molecule is CCC(C)CCC[C@@H](C(=O)OC)[C@@H](O)c1cccc2nc3c(C(=O)O)cccc3nc12. The Morgan fingerprint density at radius 1 is 1.03 bits per heavy atom. The number of carbonyl (C=O) groups excluding carboxylic acids is 1. The first-order valence-corrected chi connectivity index (χ1v) is 10.6. The molecule has 0 spiro atoms. The summed E-state index contributed by atoms with van der Waals surface area (Å²) in [7, 11) is 1.32. The molecule has 31 heavy (non-hydrogen) atoms. The van der Waals surface area contributed by atoms with Crippen molar-refractivity contribution in [3.63, 3.8) is 0 Å². The highest BCUT2D eigenvalue weighted by molar-refractivity contribution is 6.02. The molecule has 0 bridgehead atoms. The molecule has 0 saturated carbocycles. The summed E-state index contributed by atoms with van der Waals surface area (Å²) >= 11 is 0. The number of nitrogens with zero attached hydrogens (tertiary/aromatic N) is 2. The van der Waals surface area contributed by atoms with Crippen molar-refractivity contribution < 1.29 is 24.5 Å². The molecule has 0 saturated heterocycles. The van der Waals surface area contributed by atoms with E-state index in [1.165, 1.54) is 13.2 Å². The minimum atomic E-state index is -1.11. The lowest BCUT2D eigenvalue weighted by Gasteiger charge is -2.22. The molecule has 7 nitrogen and oxygen atoms in total. The van der Waals surface area contributed by atoms with Crippen LogP contribution < -0.4 is 0 Å². The zero-order chi connectivity index (χ0) is 22.5. The van der Waals surface area contributed by atoms with Crippen molar-refractivity contribution in [2.45, 2.75) is 45.6 Å². The van der Waals surface area contributed by atoms with Crippen LogP contribution in [0.2, 0.25) is 0 Å². The van der Waals surface area contributed by atoms with Gasteiger partial charge in [-0.1, -0.05) is 51.3 Å². The van der Waals surface area contributed by atoms with E-state index < -0.39 is 24.0 Å². The van der Waals surface area contributed by atoms with Crippen LogP contribution >= 0.6 is 0 Å². The van der Waals surface area contributed by atoms with E-state index >= 15 is 0 Å². The fraction of sp³-hybridized carbons (Fsp3) is 0.417. The van der Waals surface area contributed by atoms with Gasteiger partial charge in [-0.3, -0.25) is 4.79 Å². The van der Waals surface area contributed by atoms with Crippen LogP contribution in [0.25, 0.3) is 22.1 Å². The van der Waals surface area contributed by atoms with Crippen LogP contribution in [-0.2, 0) is 9.53 Å². The van der Waals surface area contributed by atoms with Gasteiger partial charge in [0, 0.05) is 5.56 Å². The quantitative estimate of drug-likeness (QED) is 0.384. The van der Waals surface area contributed by atoms with E-state index in [0.717, 1.165) is 19.3 Å². The highest BCUT2D eigenvalue weighted by Gasteiger charge is 2.30. The van der Waals surface area contributed by atoms with Crippen molar-refractivity contribution in [1.82, 2.24) is 9.97 Å². The maximum atomic E-state index is 12.5. The average Bonchev–Trinajstić information content (AvgIpc) is 2.78. The fourth-order valence-corrected chi connectivity index (χ4v) is 3.82. The van der Waals surface area contributed by atoms with Crippen LogP contribution in [0.3, 0.4) is 0 Å². The molecule has 2 aromatic carbocycles. The summed E-state index contributed by atoms with van der Waals surface area (Å²) in [5, 5.41) is 20.6. The average molecular weight is 424 g/mol. The number of carboxylic acid groups (broad SMARTS) is 1. The Kier molecular flexibility index (Phi) is 7.17. The van der Waals surface area contributed by atoms with E-state index in [1.807, 2.05) is 0 Å². The maximum absolute atomic E-state index is 12.5. The molecule has 0 aliphatic rings. The second-order valence-electron chi connectivity index (χ2n) is 7.94. The number of hydrogen-bond acceptors (Lipinski definition) is 6. The molecule has 0 amide bonds. The predicted molar refractivity (Wildman–Crippen MR) is 118 cm³/mol. The first-order valence-electron chi connectivity index (χ1n) is 10.6. The van der Waals surface area contributed by atoms with Gasteiger partial charge in [0.2, 0.25) is 0 Å².